The molecule has 1 heterocycles. The van der Waals surface area contributed by atoms with E-state index in [0.29, 0.717) is 26.2 Å². The van der Waals surface area contributed by atoms with Crippen molar-refractivity contribution >= 4 is 5.69 Å². The average Bonchev–Trinajstić information content (AvgIpc) is 2.74. The van der Waals surface area contributed by atoms with Gasteiger partial charge < -0.3 is 14.7 Å². The zero-order chi connectivity index (χ0) is 24.4. The van der Waals surface area contributed by atoms with E-state index in [0.717, 1.165) is 11.8 Å². The van der Waals surface area contributed by atoms with Gasteiger partial charge in [0.1, 0.15) is 17.4 Å². The van der Waals surface area contributed by atoms with E-state index in [1.165, 1.54) is 45.2 Å². The van der Waals surface area contributed by atoms with Crippen LogP contribution in [0, 0.1) is 11.6 Å². The molecule has 182 valence electrons. The second kappa shape index (κ2) is 9.46. The molecule has 0 radical (unpaired) electrons. The van der Waals surface area contributed by atoms with E-state index in [1.807, 2.05) is 4.90 Å². The molecule has 1 unspecified atom stereocenters. The molecule has 1 aliphatic rings. The van der Waals surface area contributed by atoms with Crippen LogP contribution in [-0.2, 0) is 5.41 Å². The smallest absolute Gasteiger partial charge is 0.418 e. The van der Waals surface area contributed by atoms with Gasteiger partial charge in [0.05, 0.1) is 7.11 Å². The highest BCUT2D eigenvalue weighted by molar-refractivity contribution is 5.46. The molecule has 0 aromatic heterocycles. The van der Waals surface area contributed by atoms with Gasteiger partial charge in [-0.15, -0.1) is 0 Å². The number of hydrogen-bond acceptors (Lipinski definition) is 4. The summed E-state index contributed by atoms with van der Waals surface area (Å²) in [6.07, 6.45) is -5.56. The van der Waals surface area contributed by atoms with Gasteiger partial charge in [0.25, 0.3) is 0 Å². The maximum absolute atomic E-state index is 14.1. The summed E-state index contributed by atoms with van der Waals surface area (Å²) in [6, 6.07) is 9.64. The number of ether oxygens (including phenoxy) is 1. The summed E-state index contributed by atoms with van der Waals surface area (Å²) in [7, 11) is 1.36. The first-order valence-corrected chi connectivity index (χ1v) is 10.7. The number of nitrogens with zero attached hydrogens (tertiary/aromatic N) is 2. The van der Waals surface area contributed by atoms with Crippen molar-refractivity contribution in [2.75, 3.05) is 44.7 Å². The normalized spacial score (nSPS) is 17.7. The lowest BCUT2D eigenvalue weighted by Gasteiger charge is -2.43. The van der Waals surface area contributed by atoms with Gasteiger partial charge in [0.15, 0.2) is 5.60 Å². The number of anilines is 1. The molecule has 9 heteroatoms. The molecular weight excluding hydrogens is 443 g/mol. The maximum Gasteiger partial charge on any atom is 0.418 e. The van der Waals surface area contributed by atoms with Gasteiger partial charge in [-0.3, -0.25) is 4.90 Å². The van der Waals surface area contributed by atoms with Crippen molar-refractivity contribution in [2.24, 2.45) is 0 Å². The minimum atomic E-state index is -4.89. The molecule has 1 fully saturated rings. The number of β-amino-alcohol motifs (C(OH)–C–C–N with tert-alkyl or cyclic N) is 1. The molecule has 1 atom stereocenters. The van der Waals surface area contributed by atoms with Crippen molar-refractivity contribution in [3.8, 4) is 5.75 Å². The Labute approximate surface area is 190 Å². The molecule has 2 aromatic carbocycles. The molecule has 33 heavy (non-hydrogen) atoms. The lowest BCUT2D eigenvalue weighted by atomic mass is 9.74. The molecule has 4 nitrogen and oxygen atoms in total. The molecule has 0 saturated carbocycles. The molecule has 0 bridgehead atoms. The van der Waals surface area contributed by atoms with E-state index in [9.17, 15) is 27.1 Å². The quantitative estimate of drug-likeness (QED) is 0.590. The van der Waals surface area contributed by atoms with Gasteiger partial charge in [-0.25, -0.2) is 8.78 Å². The third-order valence-corrected chi connectivity index (χ3v) is 6.20. The number of aliphatic hydroxyl groups is 1. The monoisotopic (exact) mass is 472 g/mol. The Bertz CT molecular complexity index is 941. The van der Waals surface area contributed by atoms with Gasteiger partial charge >= 0.3 is 6.18 Å². The standard InChI is InChI=1S/C24H29F5N2O2/c1-22(2,20-14-18(26)6-9-21(20)33-3)15-23(32,24(27,28)29)16-30-10-12-31(13-11-30)19-7-4-17(25)5-8-19/h4-9,14,32H,10-13,15-16H2,1-3H3. The van der Waals surface area contributed by atoms with Crippen LogP contribution in [0.1, 0.15) is 25.8 Å². The summed E-state index contributed by atoms with van der Waals surface area (Å²) in [5.41, 5.74) is -3.19. The fourth-order valence-corrected chi connectivity index (χ4v) is 4.47. The number of benzene rings is 2. The lowest BCUT2D eigenvalue weighted by Crippen LogP contribution is -2.59. The number of halogens is 5. The van der Waals surface area contributed by atoms with Crippen LogP contribution in [0.25, 0.3) is 0 Å². The predicted molar refractivity (Wildman–Crippen MR) is 117 cm³/mol. The first-order chi connectivity index (χ1) is 15.3. The highest BCUT2D eigenvalue weighted by Crippen LogP contribution is 2.44. The summed E-state index contributed by atoms with van der Waals surface area (Å²) in [6.45, 7) is 3.97. The lowest BCUT2D eigenvalue weighted by molar-refractivity contribution is -0.271. The second-order valence-electron chi connectivity index (χ2n) is 9.17. The largest absolute Gasteiger partial charge is 0.496 e. The summed E-state index contributed by atoms with van der Waals surface area (Å²) in [5.74, 6) is -0.685. The van der Waals surface area contributed by atoms with Crippen LogP contribution in [-0.4, -0.2) is 61.6 Å². The predicted octanol–water partition coefficient (Wildman–Crippen LogP) is 4.76. The van der Waals surface area contributed by atoms with Crippen molar-refractivity contribution in [3.63, 3.8) is 0 Å². The van der Waals surface area contributed by atoms with Crippen LogP contribution in [0.3, 0.4) is 0 Å². The fraction of sp³-hybridized carbons (Fsp3) is 0.500. The Morgan fingerprint density at radius 2 is 1.48 bits per heavy atom. The summed E-state index contributed by atoms with van der Waals surface area (Å²) in [4.78, 5) is 3.54. The van der Waals surface area contributed by atoms with E-state index in [-0.39, 0.29) is 17.1 Å². The van der Waals surface area contributed by atoms with Crippen LogP contribution in [0.4, 0.5) is 27.6 Å². The van der Waals surface area contributed by atoms with Crippen LogP contribution >= 0.6 is 0 Å². The number of piperazine rings is 1. The zero-order valence-electron chi connectivity index (χ0n) is 18.9. The first-order valence-electron chi connectivity index (χ1n) is 10.7. The fourth-order valence-electron chi connectivity index (χ4n) is 4.47. The van der Waals surface area contributed by atoms with Crippen molar-refractivity contribution in [3.05, 3.63) is 59.7 Å². The van der Waals surface area contributed by atoms with Gasteiger partial charge in [-0.1, -0.05) is 13.8 Å². The van der Waals surface area contributed by atoms with E-state index >= 15 is 0 Å². The number of hydrogen-bond donors (Lipinski definition) is 1. The van der Waals surface area contributed by atoms with Crippen molar-refractivity contribution in [2.45, 2.75) is 37.5 Å². The van der Waals surface area contributed by atoms with E-state index in [1.54, 1.807) is 17.0 Å². The van der Waals surface area contributed by atoms with Crippen molar-refractivity contribution in [1.82, 2.24) is 4.90 Å². The number of methoxy groups -OCH3 is 1. The minimum Gasteiger partial charge on any atom is -0.496 e. The SMILES string of the molecule is COc1ccc(F)cc1C(C)(C)CC(O)(CN1CCN(c2ccc(F)cc2)CC1)C(F)(F)F. The topological polar surface area (TPSA) is 35.9 Å². The second-order valence-corrected chi connectivity index (χ2v) is 9.17. The molecule has 1 N–H and O–H groups in total. The van der Waals surface area contributed by atoms with Gasteiger partial charge in [-0.05, 0) is 54.3 Å². The minimum absolute atomic E-state index is 0.258. The molecular formula is C24H29F5N2O2. The molecule has 0 aliphatic carbocycles. The summed E-state index contributed by atoms with van der Waals surface area (Å²) in [5, 5.41) is 10.9. The Balaban J connectivity index is 1.76. The zero-order valence-corrected chi connectivity index (χ0v) is 18.9. The molecule has 0 amide bonds. The van der Waals surface area contributed by atoms with Crippen LogP contribution in [0.5, 0.6) is 5.75 Å². The van der Waals surface area contributed by atoms with Crippen molar-refractivity contribution in [1.29, 1.82) is 0 Å². The van der Waals surface area contributed by atoms with E-state index in [2.05, 4.69) is 0 Å². The van der Waals surface area contributed by atoms with Crippen molar-refractivity contribution < 1.29 is 31.8 Å². The molecule has 1 aliphatic heterocycles. The van der Waals surface area contributed by atoms with E-state index in [4.69, 9.17) is 4.74 Å². The summed E-state index contributed by atoms with van der Waals surface area (Å²) >= 11 is 0. The summed E-state index contributed by atoms with van der Waals surface area (Å²) < 4.78 is 74.6. The maximum atomic E-state index is 14.1. The average molecular weight is 472 g/mol. The van der Waals surface area contributed by atoms with Crippen LogP contribution < -0.4 is 9.64 Å². The van der Waals surface area contributed by atoms with Crippen LogP contribution in [0.15, 0.2) is 42.5 Å². The molecule has 0 spiro atoms. The number of alkyl halides is 3. The van der Waals surface area contributed by atoms with Gasteiger partial charge in [-0.2, -0.15) is 13.2 Å². The highest BCUT2D eigenvalue weighted by atomic mass is 19.4. The third kappa shape index (κ3) is 5.76. The Morgan fingerprint density at radius 1 is 0.909 bits per heavy atom. The Hall–Kier alpha value is -2.39. The molecule has 3 rings (SSSR count). The molecule has 1 saturated heterocycles. The Morgan fingerprint density at radius 3 is 2.03 bits per heavy atom. The Kier molecular flexibility index (Phi) is 7.24. The van der Waals surface area contributed by atoms with Gasteiger partial charge in [0.2, 0.25) is 0 Å². The highest BCUT2D eigenvalue weighted by Gasteiger charge is 2.57. The van der Waals surface area contributed by atoms with Gasteiger partial charge in [0, 0.05) is 44.0 Å². The third-order valence-electron chi connectivity index (χ3n) is 6.20. The molecule has 2 aromatic rings. The van der Waals surface area contributed by atoms with E-state index < -0.39 is 36.0 Å². The number of rotatable bonds is 7. The first kappa shape index (κ1) is 25.2. The van der Waals surface area contributed by atoms with Crippen LogP contribution in [0.2, 0.25) is 0 Å².